The molecule has 1 aliphatic heterocycles. The van der Waals surface area contributed by atoms with E-state index < -0.39 is 47.4 Å². The van der Waals surface area contributed by atoms with Gasteiger partial charge in [0.25, 0.3) is 5.91 Å². The maximum absolute atomic E-state index is 14.0. The number of benzene rings is 1. The minimum Gasteiger partial charge on any atom is -0.368 e. The van der Waals surface area contributed by atoms with Crippen LogP contribution in [-0.4, -0.2) is 46.2 Å². The Hall–Kier alpha value is -3.50. The van der Waals surface area contributed by atoms with E-state index in [1.807, 2.05) is 0 Å². The standard InChI is InChI=1S/C24H27F2N5O4/c25-14-3-4-15(26)19-13(14)9-18(28-19)23(35)30-17(7-11-1-2-11)22(34)29-16(20(27)32)8-12-10-24(5-6-24)31-21(12)33/h3-4,9,11-12,16-17,28H,1-2,5-8,10H2,(H2,27,32)(H,29,34)(H,30,35)(H,31,33)/t12-,16+,17+/m1/s1. The van der Waals surface area contributed by atoms with Gasteiger partial charge < -0.3 is 26.7 Å². The molecule has 0 radical (unpaired) electrons. The molecule has 6 N–H and O–H groups in total. The summed E-state index contributed by atoms with van der Waals surface area (Å²) in [5.41, 5.74) is 5.11. The van der Waals surface area contributed by atoms with Crippen molar-refractivity contribution in [1.82, 2.24) is 20.9 Å². The number of aromatic nitrogens is 1. The van der Waals surface area contributed by atoms with Crippen molar-refractivity contribution in [3.63, 3.8) is 0 Å². The molecule has 11 heteroatoms. The van der Waals surface area contributed by atoms with E-state index >= 15 is 0 Å². The van der Waals surface area contributed by atoms with Gasteiger partial charge >= 0.3 is 0 Å². The van der Waals surface area contributed by atoms with E-state index in [1.54, 1.807) is 0 Å². The molecule has 186 valence electrons. The highest BCUT2D eigenvalue weighted by molar-refractivity contribution is 6.01. The van der Waals surface area contributed by atoms with Crippen LogP contribution in [0, 0.1) is 23.5 Å². The van der Waals surface area contributed by atoms with Crippen molar-refractivity contribution >= 4 is 34.5 Å². The molecule has 1 spiro atoms. The Bertz CT molecular complexity index is 1180. The number of nitrogens with two attached hydrogens (primary N) is 1. The van der Waals surface area contributed by atoms with Crippen LogP contribution in [0.2, 0.25) is 0 Å². The largest absolute Gasteiger partial charge is 0.368 e. The van der Waals surface area contributed by atoms with Gasteiger partial charge in [-0.05, 0) is 56.2 Å². The fourth-order valence-corrected chi connectivity index (χ4v) is 4.88. The molecule has 0 unspecified atom stereocenters. The Kier molecular flexibility index (Phi) is 5.72. The second-order valence-corrected chi connectivity index (χ2v) is 10.1. The summed E-state index contributed by atoms with van der Waals surface area (Å²) >= 11 is 0. The van der Waals surface area contributed by atoms with Crippen molar-refractivity contribution in [3.05, 3.63) is 35.5 Å². The van der Waals surface area contributed by atoms with E-state index in [4.69, 9.17) is 5.73 Å². The van der Waals surface area contributed by atoms with Crippen LogP contribution in [0.15, 0.2) is 18.2 Å². The van der Waals surface area contributed by atoms with Gasteiger partial charge in [-0.2, -0.15) is 0 Å². The zero-order valence-corrected chi connectivity index (χ0v) is 19.0. The molecule has 5 rings (SSSR count). The third-order valence-corrected chi connectivity index (χ3v) is 7.25. The Morgan fingerprint density at radius 3 is 2.40 bits per heavy atom. The Morgan fingerprint density at radius 1 is 1.09 bits per heavy atom. The van der Waals surface area contributed by atoms with Crippen LogP contribution < -0.4 is 21.7 Å². The molecule has 2 aliphatic carbocycles. The Balaban J connectivity index is 1.28. The van der Waals surface area contributed by atoms with Crippen molar-refractivity contribution in [3.8, 4) is 0 Å². The summed E-state index contributed by atoms with van der Waals surface area (Å²) in [4.78, 5) is 52.9. The minimum atomic E-state index is -1.07. The third-order valence-electron chi connectivity index (χ3n) is 7.25. The molecule has 1 aromatic heterocycles. The van der Waals surface area contributed by atoms with E-state index in [2.05, 4.69) is 20.9 Å². The van der Waals surface area contributed by atoms with Gasteiger partial charge in [-0.15, -0.1) is 0 Å². The number of carbonyl (C=O) groups excluding carboxylic acids is 4. The van der Waals surface area contributed by atoms with E-state index in [0.717, 1.165) is 37.8 Å². The van der Waals surface area contributed by atoms with Crippen LogP contribution >= 0.6 is 0 Å². The Morgan fingerprint density at radius 2 is 1.80 bits per heavy atom. The van der Waals surface area contributed by atoms with E-state index in [0.29, 0.717) is 12.8 Å². The lowest BCUT2D eigenvalue weighted by Gasteiger charge is -2.23. The zero-order valence-electron chi connectivity index (χ0n) is 19.0. The number of fused-ring (bicyclic) bond motifs is 1. The number of primary amides is 1. The quantitative estimate of drug-likeness (QED) is 0.364. The summed E-state index contributed by atoms with van der Waals surface area (Å²) in [6, 6.07) is 1.06. The van der Waals surface area contributed by atoms with Crippen molar-refractivity contribution in [2.24, 2.45) is 17.6 Å². The van der Waals surface area contributed by atoms with Crippen LogP contribution in [0.25, 0.3) is 10.9 Å². The molecule has 0 bridgehead atoms. The molecule has 4 amide bonds. The highest BCUT2D eigenvalue weighted by atomic mass is 19.1. The number of carbonyl (C=O) groups is 4. The fourth-order valence-electron chi connectivity index (χ4n) is 4.88. The number of halogens is 2. The van der Waals surface area contributed by atoms with Crippen LogP contribution in [0.1, 0.15) is 55.4 Å². The topological polar surface area (TPSA) is 146 Å². The van der Waals surface area contributed by atoms with Gasteiger partial charge in [0, 0.05) is 16.8 Å². The number of hydrogen-bond donors (Lipinski definition) is 5. The first kappa shape index (κ1) is 23.3. The minimum absolute atomic E-state index is 0.0737. The first-order valence-electron chi connectivity index (χ1n) is 11.8. The van der Waals surface area contributed by atoms with Gasteiger partial charge in [0.15, 0.2) is 0 Å². The number of nitrogens with one attached hydrogen (secondary N) is 4. The van der Waals surface area contributed by atoms with E-state index in [-0.39, 0.29) is 40.4 Å². The molecule has 9 nitrogen and oxygen atoms in total. The van der Waals surface area contributed by atoms with Gasteiger partial charge in [-0.3, -0.25) is 19.2 Å². The molecule has 2 saturated carbocycles. The molecule has 35 heavy (non-hydrogen) atoms. The second-order valence-electron chi connectivity index (χ2n) is 10.1. The first-order chi connectivity index (χ1) is 16.6. The summed E-state index contributed by atoms with van der Waals surface area (Å²) < 4.78 is 28.0. The van der Waals surface area contributed by atoms with Crippen LogP contribution in [-0.2, 0) is 14.4 Å². The molecule has 3 fully saturated rings. The molecule has 3 aliphatic rings. The molecule has 1 aromatic carbocycles. The van der Waals surface area contributed by atoms with Crippen molar-refractivity contribution < 1.29 is 28.0 Å². The molecular weight excluding hydrogens is 460 g/mol. The summed E-state index contributed by atoms with van der Waals surface area (Å²) in [7, 11) is 0. The van der Waals surface area contributed by atoms with Gasteiger partial charge in [0.2, 0.25) is 17.7 Å². The van der Waals surface area contributed by atoms with Crippen molar-refractivity contribution in [1.29, 1.82) is 0 Å². The summed E-state index contributed by atoms with van der Waals surface area (Å²) in [6.07, 6.45) is 4.65. The lowest BCUT2D eigenvalue weighted by molar-refractivity contribution is -0.130. The smallest absolute Gasteiger partial charge is 0.268 e. The lowest BCUT2D eigenvalue weighted by atomic mass is 9.95. The number of amides is 4. The highest BCUT2D eigenvalue weighted by Crippen LogP contribution is 2.46. The van der Waals surface area contributed by atoms with Gasteiger partial charge in [-0.1, -0.05) is 12.8 Å². The van der Waals surface area contributed by atoms with Crippen LogP contribution in [0.3, 0.4) is 0 Å². The molecule has 2 heterocycles. The van der Waals surface area contributed by atoms with Crippen LogP contribution in [0.5, 0.6) is 0 Å². The molecular formula is C24H27F2N5O4. The first-order valence-corrected chi connectivity index (χ1v) is 11.8. The summed E-state index contributed by atoms with van der Waals surface area (Å²) in [6.45, 7) is 0. The predicted octanol–water partition coefficient (Wildman–Crippen LogP) is 1.37. The van der Waals surface area contributed by atoms with Crippen molar-refractivity contribution in [2.75, 3.05) is 0 Å². The number of H-pyrrole nitrogens is 1. The summed E-state index contributed by atoms with van der Waals surface area (Å²) in [5, 5.41) is 8.10. The maximum atomic E-state index is 14.0. The summed E-state index contributed by atoms with van der Waals surface area (Å²) in [5.74, 6) is -3.79. The number of rotatable bonds is 9. The van der Waals surface area contributed by atoms with Gasteiger partial charge in [0.1, 0.15) is 29.4 Å². The predicted molar refractivity (Wildman–Crippen MR) is 121 cm³/mol. The van der Waals surface area contributed by atoms with Crippen LogP contribution in [0.4, 0.5) is 8.78 Å². The van der Waals surface area contributed by atoms with E-state index in [9.17, 15) is 28.0 Å². The highest BCUT2D eigenvalue weighted by Gasteiger charge is 2.52. The fraction of sp³-hybridized carbons (Fsp3) is 0.500. The normalized spacial score (nSPS) is 22.0. The average molecular weight is 488 g/mol. The second kappa shape index (κ2) is 8.62. The number of aromatic amines is 1. The van der Waals surface area contributed by atoms with Crippen molar-refractivity contribution in [2.45, 2.75) is 62.6 Å². The maximum Gasteiger partial charge on any atom is 0.268 e. The van der Waals surface area contributed by atoms with Gasteiger partial charge in [0.05, 0.1) is 5.52 Å². The SMILES string of the molecule is NC(=O)[C@H](C[C@@H]1CC2(CC2)NC1=O)NC(=O)[C@H](CC1CC1)NC(=O)c1cc2c(F)ccc(F)c2[nH]1. The Labute approximate surface area is 199 Å². The average Bonchev–Trinajstić information content (AvgIpc) is 3.69. The monoisotopic (exact) mass is 487 g/mol. The molecule has 1 saturated heterocycles. The van der Waals surface area contributed by atoms with Gasteiger partial charge in [-0.25, -0.2) is 8.78 Å². The van der Waals surface area contributed by atoms with E-state index in [1.165, 1.54) is 6.07 Å². The zero-order chi connectivity index (χ0) is 24.9. The third kappa shape index (κ3) is 4.85. The molecule has 3 atom stereocenters. The molecule has 2 aromatic rings. The lowest BCUT2D eigenvalue weighted by Crippen LogP contribution is -2.53. The number of hydrogen-bond acceptors (Lipinski definition) is 4.